The maximum absolute atomic E-state index is 3.75. The molecule has 752 valence electrons. The average molecular weight is 1840 g/mol. The third-order valence-corrected chi connectivity index (χ3v) is 29.6. The van der Waals surface area contributed by atoms with Gasteiger partial charge in [0.05, 0.1) is 0 Å². The largest absolute Gasteiger partial charge is 0.0654 e. The zero-order valence-corrected chi connectivity index (χ0v) is 90.8. The highest BCUT2D eigenvalue weighted by molar-refractivity contribution is 5.63. The van der Waals surface area contributed by atoms with Crippen LogP contribution < -0.4 is 0 Å². The van der Waals surface area contributed by atoms with E-state index in [1.165, 1.54) is 558 Å². The van der Waals surface area contributed by atoms with Gasteiger partial charge in [-0.05, 0) is 243 Å². The molecule has 0 radical (unpaired) electrons. The summed E-state index contributed by atoms with van der Waals surface area (Å²) >= 11 is 0. The van der Waals surface area contributed by atoms with E-state index < -0.39 is 0 Å². The Labute approximate surface area is 846 Å². The van der Waals surface area contributed by atoms with Crippen molar-refractivity contribution in [1.29, 1.82) is 0 Å². The predicted molar refractivity (Wildman–Crippen MR) is 605 cm³/mol. The molecule has 0 amide bonds. The standard InChI is InChI=1S/C136H208/c1-9-17-25-33-41-49-57-65-73-81-97-121-113-129-105-89-90-107-131-115-123(99-83-75-67-59-51-43-35-27-19-11-3)125(101-85-77-69-61-53-45-37-29-21-13-5)117-133(131)109-93-94-111-135-119-127(103-87-79-71-63-55-47-39-31-23-15-7)128(104-88-80-72-64-56-48-40-32-24-16-8)120-136(135)112-96-95-110-134-118-126(102-86-78-70-62-54-46-38-30-22-14-6)124(100-84-76-68-60-52-44-36-28-20-12-4)116-132(134)108-92-91-106-130(129)114-122(121)98-82-74-66-58-50-42-34-26-18-10-2/h113-120H,9-88,97-104H2,1-8H3. The third kappa shape index (κ3) is 61.8. The van der Waals surface area contributed by atoms with Gasteiger partial charge in [0.15, 0.2) is 0 Å². The smallest absolute Gasteiger partial charge is 0.0415 e. The van der Waals surface area contributed by atoms with E-state index in [1.807, 2.05) is 0 Å². The topological polar surface area (TPSA) is 0 Å². The van der Waals surface area contributed by atoms with Crippen molar-refractivity contribution in [2.24, 2.45) is 0 Å². The first-order valence-corrected chi connectivity index (χ1v) is 60.1. The Bertz CT molecular complexity index is 3380. The van der Waals surface area contributed by atoms with Gasteiger partial charge in [0.1, 0.15) is 0 Å². The molecular weight excluding hydrogens is 1630 g/mol. The molecule has 4 aromatic carbocycles. The summed E-state index contributed by atoms with van der Waals surface area (Å²) in [5.74, 6) is 58.3. The van der Waals surface area contributed by atoms with Gasteiger partial charge in [-0.1, -0.05) is 565 Å². The Morgan fingerprint density at radius 3 is 0.257 bits per heavy atom. The minimum Gasteiger partial charge on any atom is -0.0654 e. The van der Waals surface area contributed by atoms with Crippen molar-refractivity contribution >= 4 is 0 Å². The number of fused-ring (bicyclic) bond motifs is 4. The molecule has 0 N–H and O–H groups in total. The van der Waals surface area contributed by atoms with Crippen LogP contribution in [-0.2, 0) is 51.4 Å². The molecule has 0 nitrogen and oxygen atoms in total. The quantitative estimate of drug-likeness (QED) is 0.0305. The summed E-state index contributed by atoms with van der Waals surface area (Å²) in [4.78, 5) is 0. The molecule has 1 aliphatic carbocycles. The Morgan fingerprint density at radius 1 is 0.103 bits per heavy atom. The van der Waals surface area contributed by atoms with Gasteiger partial charge in [-0.25, -0.2) is 0 Å². The van der Waals surface area contributed by atoms with Gasteiger partial charge in [0, 0.05) is 44.5 Å². The second kappa shape index (κ2) is 88.5. The monoisotopic (exact) mass is 1840 g/mol. The van der Waals surface area contributed by atoms with Crippen molar-refractivity contribution in [1.82, 2.24) is 0 Å². The maximum atomic E-state index is 3.75. The van der Waals surface area contributed by atoms with Crippen LogP contribution in [0.2, 0.25) is 0 Å². The molecule has 0 aromatic heterocycles. The van der Waals surface area contributed by atoms with E-state index in [4.69, 9.17) is 0 Å². The first-order valence-electron chi connectivity index (χ1n) is 60.1. The van der Waals surface area contributed by atoms with E-state index in [-0.39, 0.29) is 0 Å². The Balaban J connectivity index is 1.81. The number of hydrogen-bond donors (Lipinski definition) is 0. The highest BCUT2D eigenvalue weighted by Crippen LogP contribution is 2.30. The van der Waals surface area contributed by atoms with E-state index in [0.29, 0.717) is 0 Å². The van der Waals surface area contributed by atoms with Gasteiger partial charge in [0.2, 0.25) is 0 Å². The van der Waals surface area contributed by atoms with Crippen molar-refractivity contribution in [2.45, 2.75) is 620 Å². The lowest BCUT2D eigenvalue weighted by molar-refractivity contribution is 0.553. The molecule has 0 bridgehead atoms. The average Bonchev–Trinajstić information content (AvgIpc) is 0.822. The SMILES string of the molecule is CCCCCCCCCCCCc1cc2c(cc1CCCCCCCCCCCC)C#CC#Cc1cc(CCCCCCCCCCCC)c(CCCCCCCCCCCC)cc1C#CC#Cc1cc(CCCCCCCCCCCC)c(CCCCCCCCCCCC)cc1C#CC#Cc1cc(CCCCCCCCCCCC)c(CCCCCCCCCCCC)cc1C#CC#C2. The second-order valence-electron chi connectivity index (χ2n) is 42.1. The molecule has 0 saturated carbocycles. The van der Waals surface area contributed by atoms with E-state index in [1.54, 1.807) is 0 Å². The molecule has 1 aliphatic rings. The zero-order chi connectivity index (χ0) is 96.4. The minimum atomic E-state index is 0.967. The van der Waals surface area contributed by atoms with Crippen LogP contribution in [0.3, 0.4) is 0 Å². The van der Waals surface area contributed by atoms with Crippen molar-refractivity contribution < 1.29 is 0 Å². The van der Waals surface area contributed by atoms with Crippen molar-refractivity contribution in [3.8, 4) is 94.7 Å². The summed E-state index contributed by atoms with van der Waals surface area (Å²) in [5, 5.41) is 0. The Morgan fingerprint density at radius 2 is 0.176 bits per heavy atom. The molecular formula is C136H208. The van der Waals surface area contributed by atoms with Gasteiger partial charge >= 0.3 is 0 Å². The van der Waals surface area contributed by atoms with E-state index in [2.05, 4.69) is 199 Å². The predicted octanol–water partition coefficient (Wildman–Crippen LogP) is 41.3. The summed E-state index contributed by atoms with van der Waals surface area (Å²) in [7, 11) is 0. The van der Waals surface area contributed by atoms with Gasteiger partial charge in [-0.3, -0.25) is 0 Å². The highest BCUT2D eigenvalue weighted by atomic mass is 14.2. The van der Waals surface area contributed by atoms with Gasteiger partial charge in [-0.2, -0.15) is 0 Å². The van der Waals surface area contributed by atoms with Crippen LogP contribution in [0.4, 0.5) is 0 Å². The Hall–Kier alpha value is -6.64. The van der Waals surface area contributed by atoms with Crippen LogP contribution >= 0.6 is 0 Å². The molecule has 0 spiro atoms. The van der Waals surface area contributed by atoms with Gasteiger partial charge in [-0.15, -0.1) is 0 Å². The van der Waals surface area contributed by atoms with E-state index in [9.17, 15) is 0 Å². The van der Waals surface area contributed by atoms with Gasteiger partial charge in [0.25, 0.3) is 0 Å². The molecule has 0 unspecified atom stereocenters. The molecule has 0 saturated heterocycles. The first kappa shape index (κ1) is 120. The molecule has 0 heterocycles. The lowest BCUT2D eigenvalue weighted by atomic mass is 9.91. The maximum Gasteiger partial charge on any atom is 0.0415 e. The summed E-state index contributed by atoms with van der Waals surface area (Å²) in [6.45, 7) is 18.6. The molecule has 4 aromatic rings. The summed E-state index contributed by atoms with van der Waals surface area (Å²) < 4.78 is 0. The normalized spacial score (nSPS) is 11.5. The molecule has 0 atom stereocenters. The van der Waals surface area contributed by atoms with Crippen LogP contribution in [0.5, 0.6) is 0 Å². The van der Waals surface area contributed by atoms with Crippen LogP contribution in [0.15, 0.2) is 48.5 Å². The van der Waals surface area contributed by atoms with Crippen LogP contribution in [0.1, 0.15) is 658 Å². The zero-order valence-electron chi connectivity index (χ0n) is 90.8. The van der Waals surface area contributed by atoms with Crippen molar-refractivity contribution in [3.05, 3.63) is 138 Å². The lowest BCUT2D eigenvalue weighted by Gasteiger charge is -2.13. The van der Waals surface area contributed by atoms with Crippen LogP contribution in [0.25, 0.3) is 0 Å². The summed E-state index contributed by atoms with van der Waals surface area (Å²) in [6, 6.07) is 19.5. The lowest BCUT2D eigenvalue weighted by Crippen LogP contribution is -2.00. The molecule has 0 fully saturated rings. The minimum absolute atomic E-state index is 0.967. The van der Waals surface area contributed by atoms with Crippen LogP contribution in [-0.4, -0.2) is 0 Å². The highest BCUT2D eigenvalue weighted by Gasteiger charge is 2.16. The number of hydrogen-bond acceptors (Lipinski definition) is 0. The number of unbranched alkanes of at least 4 members (excludes halogenated alkanes) is 72. The molecule has 0 aliphatic heterocycles. The fraction of sp³-hybridized carbons (Fsp3) is 0.706. The van der Waals surface area contributed by atoms with Gasteiger partial charge < -0.3 is 0 Å². The summed E-state index contributed by atoms with van der Waals surface area (Å²) in [6.07, 6.45) is 115. The molecule has 0 heteroatoms. The number of rotatable bonds is 88. The summed E-state index contributed by atoms with van der Waals surface area (Å²) in [5.41, 5.74) is 19.3. The van der Waals surface area contributed by atoms with E-state index in [0.717, 1.165) is 95.9 Å². The van der Waals surface area contributed by atoms with Crippen molar-refractivity contribution in [3.63, 3.8) is 0 Å². The van der Waals surface area contributed by atoms with Crippen molar-refractivity contribution in [2.75, 3.05) is 0 Å². The third-order valence-electron chi connectivity index (χ3n) is 29.6. The first-order chi connectivity index (χ1) is 67.4. The second-order valence-corrected chi connectivity index (χ2v) is 42.1. The molecule has 136 heavy (non-hydrogen) atoms. The number of aryl methyl sites for hydroxylation is 8. The van der Waals surface area contributed by atoms with Crippen LogP contribution in [0, 0.1) is 94.7 Å². The fourth-order valence-corrected chi connectivity index (χ4v) is 20.7. The molecule has 5 rings (SSSR count). The fourth-order valence-electron chi connectivity index (χ4n) is 20.7. The van der Waals surface area contributed by atoms with E-state index >= 15 is 0 Å². The Kier molecular flexibility index (Phi) is 78.0. The number of benzene rings is 4.